The fourth-order valence-corrected chi connectivity index (χ4v) is 3.29. The number of hydrogen-bond donors (Lipinski definition) is 1. The average molecular weight is 286 g/mol. The number of thioether (sulfide) groups is 1. The van der Waals surface area contributed by atoms with Crippen molar-refractivity contribution in [2.45, 2.75) is 31.8 Å². The molecule has 1 atom stereocenters. The van der Waals surface area contributed by atoms with Gasteiger partial charge in [-0.3, -0.25) is 0 Å². The molecule has 2 aromatic rings. The molecule has 1 unspecified atom stereocenters. The minimum absolute atomic E-state index is 0.366. The van der Waals surface area contributed by atoms with E-state index in [0.717, 1.165) is 17.3 Å². The van der Waals surface area contributed by atoms with Crippen molar-refractivity contribution >= 4 is 11.8 Å². The maximum atomic E-state index is 4.37. The van der Waals surface area contributed by atoms with Crippen molar-refractivity contribution in [1.82, 2.24) is 10.3 Å². The lowest BCUT2D eigenvalue weighted by Crippen LogP contribution is -2.23. The van der Waals surface area contributed by atoms with Crippen LogP contribution in [0.3, 0.4) is 0 Å². The first-order valence-electron chi connectivity index (χ1n) is 7.04. The summed E-state index contributed by atoms with van der Waals surface area (Å²) in [7, 11) is 0. The zero-order chi connectivity index (χ0) is 14.4. The lowest BCUT2D eigenvalue weighted by molar-refractivity contribution is 0.605. The van der Waals surface area contributed by atoms with Gasteiger partial charge in [-0.05, 0) is 38.1 Å². The Morgan fingerprint density at radius 3 is 2.50 bits per heavy atom. The van der Waals surface area contributed by atoms with E-state index in [2.05, 4.69) is 55.3 Å². The van der Waals surface area contributed by atoms with Crippen LogP contribution < -0.4 is 5.32 Å². The molecule has 0 fully saturated rings. The average Bonchev–Trinajstić information content (AvgIpc) is 2.43. The van der Waals surface area contributed by atoms with Crippen LogP contribution >= 0.6 is 11.8 Å². The van der Waals surface area contributed by atoms with Gasteiger partial charge >= 0.3 is 0 Å². The Bertz CT molecular complexity index is 520. The standard InChI is InChI=1S/C17H22N2S/c1-4-18-16(12-20-17-7-5-6-8-19-17)15-10-13(2)9-14(3)11-15/h5-11,16,18H,4,12H2,1-3H3. The fourth-order valence-electron chi connectivity index (χ4n) is 2.33. The zero-order valence-corrected chi connectivity index (χ0v) is 13.2. The summed E-state index contributed by atoms with van der Waals surface area (Å²) >= 11 is 1.80. The van der Waals surface area contributed by atoms with Gasteiger partial charge in [0.2, 0.25) is 0 Å². The van der Waals surface area contributed by atoms with Crippen LogP contribution in [-0.2, 0) is 0 Å². The molecular weight excluding hydrogens is 264 g/mol. The van der Waals surface area contributed by atoms with Crippen LogP contribution in [0.5, 0.6) is 0 Å². The lowest BCUT2D eigenvalue weighted by Gasteiger charge is -2.19. The molecule has 1 aromatic heterocycles. The molecule has 0 aliphatic heterocycles. The predicted molar refractivity (Wildman–Crippen MR) is 87.3 cm³/mol. The van der Waals surface area contributed by atoms with Gasteiger partial charge in [0.15, 0.2) is 0 Å². The van der Waals surface area contributed by atoms with Gasteiger partial charge < -0.3 is 5.32 Å². The SMILES string of the molecule is CCNC(CSc1ccccn1)c1cc(C)cc(C)c1. The molecule has 1 heterocycles. The molecule has 0 spiro atoms. The van der Waals surface area contributed by atoms with E-state index in [0.29, 0.717) is 6.04 Å². The Morgan fingerprint density at radius 1 is 1.15 bits per heavy atom. The van der Waals surface area contributed by atoms with Crippen LogP contribution in [0.1, 0.15) is 29.7 Å². The summed E-state index contributed by atoms with van der Waals surface area (Å²) in [4.78, 5) is 4.37. The quantitative estimate of drug-likeness (QED) is 0.808. The predicted octanol–water partition coefficient (Wildman–Crippen LogP) is 4.14. The van der Waals surface area contributed by atoms with Crippen molar-refractivity contribution in [2.75, 3.05) is 12.3 Å². The van der Waals surface area contributed by atoms with Gasteiger partial charge in [-0.25, -0.2) is 4.98 Å². The number of nitrogens with zero attached hydrogens (tertiary/aromatic N) is 1. The van der Waals surface area contributed by atoms with Gasteiger partial charge in [0.05, 0.1) is 5.03 Å². The molecule has 2 nitrogen and oxygen atoms in total. The van der Waals surface area contributed by atoms with Gasteiger partial charge in [-0.2, -0.15) is 0 Å². The normalized spacial score (nSPS) is 12.3. The van der Waals surface area contributed by atoms with E-state index < -0.39 is 0 Å². The lowest BCUT2D eigenvalue weighted by atomic mass is 10.0. The number of benzene rings is 1. The van der Waals surface area contributed by atoms with Crippen LogP contribution in [0.15, 0.2) is 47.6 Å². The molecule has 106 valence electrons. The summed E-state index contributed by atoms with van der Waals surface area (Å²) in [6.07, 6.45) is 1.85. The van der Waals surface area contributed by atoms with E-state index in [4.69, 9.17) is 0 Å². The van der Waals surface area contributed by atoms with Gasteiger partial charge in [0.1, 0.15) is 0 Å². The van der Waals surface area contributed by atoms with Crippen LogP contribution in [0.4, 0.5) is 0 Å². The number of hydrogen-bond acceptors (Lipinski definition) is 3. The van der Waals surface area contributed by atoms with Crippen LogP contribution in [0.2, 0.25) is 0 Å². The maximum absolute atomic E-state index is 4.37. The highest BCUT2D eigenvalue weighted by Gasteiger charge is 2.12. The molecule has 1 aromatic carbocycles. The van der Waals surface area contributed by atoms with Crippen molar-refractivity contribution in [3.63, 3.8) is 0 Å². The first-order valence-corrected chi connectivity index (χ1v) is 8.03. The highest BCUT2D eigenvalue weighted by Crippen LogP contribution is 2.24. The third-order valence-corrected chi connectivity index (χ3v) is 4.17. The molecule has 2 rings (SSSR count). The monoisotopic (exact) mass is 286 g/mol. The maximum Gasteiger partial charge on any atom is 0.0960 e. The van der Waals surface area contributed by atoms with Crippen molar-refractivity contribution in [1.29, 1.82) is 0 Å². The van der Waals surface area contributed by atoms with Crippen LogP contribution in [0.25, 0.3) is 0 Å². The molecule has 3 heteroatoms. The molecule has 0 amide bonds. The highest BCUT2D eigenvalue weighted by molar-refractivity contribution is 7.99. The highest BCUT2D eigenvalue weighted by atomic mass is 32.2. The molecule has 0 saturated heterocycles. The first-order chi connectivity index (χ1) is 9.69. The molecule has 1 N–H and O–H groups in total. The van der Waals surface area contributed by atoms with Gasteiger partial charge in [0.25, 0.3) is 0 Å². The largest absolute Gasteiger partial charge is 0.309 e. The van der Waals surface area contributed by atoms with E-state index in [-0.39, 0.29) is 0 Å². The molecular formula is C17H22N2S. The molecule has 0 aliphatic rings. The minimum atomic E-state index is 0.366. The topological polar surface area (TPSA) is 24.9 Å². The van der Waals surface area contributed by atoms with Gasteiger partial charge in [0, 0.05) is 18.0 Å². The first kappa shape index (κ1) is 15.1. The van der Waals surface area contributed by atoms with Crippen molar-refractivity contribution in [3.05, 3.63) is 59.3 Å². The Labute approximate surface area is 126 Å². The summed E-state index contributed by atoms with van der Waals surface area (Å²) in [5, 5.41) is 4.66. The molecule has 0 bridgehead atoms. The molecule has 20 heavy (non-hydrogen) atoms. The molecule has 0 aliphatic carbocycles. The number of aryl methyl sites for hydroxylation is 2. The molecule has 0 saturated carbocycles. The van der Waals surface area contributed by atoms with E-state index in [1.165, 1.54) is 16.7 Å². The number of rotatable bonds is 6. The summed E-state index contributed by atoms with van der Waals surface area (Å²) in [6, 6.07) is 13.2. The Hall–Kier alpha value is -1.32. The van der Waals surface area contributed by atoms with Crippen LogP contribution in [0, 0.1) is 13.8 Å². The zero-order valence-electron chi connectivity index (χ0n) is 12.4. The Balaban J connectivity index is 2.10. The number of nitrogens with one attached hydrogen (secondary N) is 1. The second-order valence-electron chi connectivity index (χ2n) is 5.01. The summed E-state index contributed by atoms with van der Waals surface area (Å²) in [6.45, 7) is 7.44. The summed E-state index contributed by atoms with van der Waals surface area (Å²) in [5.41, 5.74) is 4.02. The third kappa shape index (κ3) is 4.36. The minimum Gasteiger partial charge on any atom is -0.309 e. The van der Waals surface area contributed by atoms with E-state index in [9.17, 15) is 0 Å². The third-order valence-electron chi connectivity index (χ3n) is 3.13. The summed E-state index contributed by atoms with van der Waals surface area (Å²) < 4.78 is 0. The van der Waals surface area contributed by atoms with Gasteiger partial charge in [-0.15, -0.1) is 11.8 Å². The fraction of sp³-hybridized carbons (Fsp3) is 0.353. The van der Waals surface area contributed by atoms with Gasteiger partial charge in [-0.1, -0.05) is 42.3 Å². The Morgan fingerprint density at radius 2 is 1.90 bits per heavy atom. The smallest absolute Gasteiger partial charge is 0.0960 e. The summed E-state index contributed by atoms with van der Waals surface area (Å²) in [5.74, 6) is 0.994. The van der Waals surface area contributed by atoms with Crippen molar-refractivity contribution < 1.29 is 0 Å². The molecule has 0 radical (unpaired) electrons. The van der Waals surface area contributed by atoms with Crippen molar-refractivity contribution in [2.24, 2.45) is 0 Å². The number of aromatic nitrogens is 1. The second kappa shape index (κ2) is 7.46. The van der Waals surface area contributed by atoms with Crippen molar-refractivity contribution in [3.8, 4) is 0 Å². The van der Waals surface area contributed by atoms with E-state index >= 15 is 0 Å². The number of pyridine rings is 1. The van der Waals surface area contributed by atoms with Crippen LogP contribution in [-0.4, -0.2) is 17.3 Å². The Kier molecular flexibility index (Phi) is 5.62. The van der Waals surface area contributed by atoms with E-state index in [1.54, 1.807) is 11.8 Å². The van der Waals surface area contributed by atoms with E-state index in [1.807, 2.05) is 18.3 Å². The second-order valence-corrected chi connectivity index (χ2v) is 6.05.